The van der Waals surface area contributed by atoms with Crippen molar-refractivity contribution in [3.05, 3.63) is 11.7 Å². The molecule has 5 nitrogen and oxygen atoms in total. The Bertz CT molecular complexity index is 446. The molecule has 1 N–H and O–H groups in total. The van der Waals surface area contributed by atoms with Crippen LogP contribution in [-0.2, 0) is 17.6 Å². The third-order valence-corrected chi connectivity index (χ3v) is 4.10. The third kappa shape index (κ3) is 3.58. The van der Waals surface area contributed by atoms with Gasteiger partial charge in [0.2, 0.25) is 5.89 Å². The summed E-state index contributed by atoms with van der Waals surface area (Å²) in [5.74, 6) is 0.906. The molecule has 0 atom stereocenters. The molecular formula is C15H24N2O3. The number of carbonyl (C=O) groups is 1. The summed E-state index contributed by atoms with van der Waals surface area (Å²) in [6.07, 6.45) is 6.75. The van der Waals surface area contributed by atoms with Gasteiger partial charge in [0.1, 0.15) is 0 Å². The van der Waals surface area contributed by atoms with Crippen molar-refractivity contribution >= 4 is 5.97 Å². The van der Waals surface area contributed by atoms with Crippen LogP contribution in [0.5, 0.6) is 0 Å². The largest absolute Gasteiger partial charge is 0.481 e. The summed E-state index contributed by atoms with van der Waals surface area (Å²) in [5.41, 5.74) is -0.710. The zero-order valence-electron chi connectivity index (χ0n) is 12.4. The molecule has 1 aromatic heterocycles. The number of hydrogen-bond donors (Lipinski definition) is 1. The first kappa shape index (κ1) is 15.0. The van der Waals surface area contributed by atoms with Crippen LogP contribution in [0, 0.1) is 11.3 Å². The van der Waals surface area contributed by atoms with Crippen molar-refractivity contribution < 1.29 is 14.4 Å². The predicted molar refractivity (Wildman–Crippen MR) is 74.3 cm³/mol. The van der Waals surface area contributed by atoms with E-state index in [0.29, 0.717) is 36.9 Å². The van der Waals surface area contributed by atoms with Crippen LogP contribution in [0.25, 0.3) is 0 Å². The summed E-state index contributed by atoms with van der Waals surface area (Å²) in [6.45, 7) is 4.19. The number of aliphatic carboxylic acids is 1. The zero-order chi connectivity index (χ0) is 14.6. The van der Waals surface area contributed by atoms with E-state index < -0.39 is 11.4 Å². The van der Waals surface area contributed by atoms with Crippen LogP contribution in [0.4, 0.5) is 0 Å². The van der Waals surface area contributed by atoms with Crippen molar-refractivity contribution in [2.75, 3.05) is 0 Å². The minimum atomic E-state index is -0.719. The molecule has 1 heterocycles. The fraction of sp³-hybridized carbons (Fsp3) is 0.800. The molecule has 0 aliphatic heterocycles. The fourth-order valence-corrected chi connectivity index (χ4v) is 2.97. The SMILES string of the molecule is CC(C)Cc1noc(CC2(C(=O)O)CCCCCC2)n1. The third-order valence-electron chi connectivity index (χ3n) is 4.10. The van der Waals surface area contributed by atoms with Gasteiger partial charge in [0.15, 0.2) is 5.82 Å². The van der Waals surface area contributed by atoms with E-state index in [1.165, 1.54) is 0 Å². The number of hydrogen-bond acceptors (Lipinski definition) is 4. The molecule has 1 aliphatic rings. The minimum absolute atomic E-state index is 0.368. The molecule has 1 aliphatic carbocycles. The molecule has 0 bridgehead atoms. The quantitative estimate of drug-likeness (QED) is 0.838. The van der Waals surface area contributed by atoms with Gasteiger partial charge in [-0.2, -0.15) is 4.98 Å². The van der Waals surface area contributed by atoms with E-state index in [9.17, 15) is 9.90 Å². The Balaban J connectivity index is 2.11. The molecule has 112 valence electrons. The van der Waals surface area contributed by atoms with Crippen LogP contribution in [0.15, 0.2) is 4.52 Å². The zero-order valence-corrected chi connectivity index (χ0v) is 12.4. The van der Waals surface area contributed by atoms with Crippen LogP contribution in [0.2, 0.25) is 0 Å². The second-order valence-electron chi connectivity index (χ2n) is 6.38. The normalized spacial score (nSPS) is 18.9. The number of rotatable bonds is 5. The second kappa shape index (κ2) is 6.37. The average Bonchev–Trinajstić information content (AvgIpc) is 2.65. The summed E-state index contributed by atoms with van der Waals surface area (Å²) in [7, 11) is 0. The van der Waals surface area contributed by atoms with Crippen LogP contribution in [0.1, 0.15) is 64.1 Å². The molecule has 1 saturated carbocycles. The maximum Gasteiger partial charge on any atom is 0.310 e. The van der Waals surface area contributed by atoms with Crippen LogP contribution < -0.4 is 0 Å². The Labute approximate surface area is 119 Å². The van der Waals surface area contributed by atoms with Gasteiger partial charge in [-0.3, -0.25) is 4.79 Å². The highest BCUT2D eigenvalue weighted by Crippen LogP contribution is 2.38. The van der Waals surface area contributed by atoms with Crippen LogP contribution >= 0.6 is 0 Å². The fourth-order valence-electron chi connectivity index (χ4n) is 2.97. The predicted octanol–water partition coefficient (Wildman–Crippen LogP) is 3.24. The second-order valence-corrected chi connectivity index (χ2v) is 6.38. The molecule has 1 aromatic rings. The van der Waals surface area contributed by atoms with Crippen LogP contribution in [-0.4, -0.2) is 21.2 Å². The minimum Gasteiger partial charge on any atom is -0.481 e. The van der Waals surface area contributed by atoms with Gasteiger partial charge < -0.3 is 9.63 Å². The van der Waals surface area contributed by atoms with Crippen molar-refractivity contribution in [1.82, 2.24) is 10.1 Å². The van der Waals surface area contributed by atoms with Gasteiger partial charge >= 0.3 is 5.97 Å². The lowest BCUT2D eigenvalue weighted by molar-refractivity contribution is -0.150. The van der Waals surface area contributed by atoms with Crippen molar-refractivity contribution in [3.63, 3.8) is 0 Å². The monoisotopic (exact) mass is 280 g/mol. The first-order valence-corrected chi connectivity index (χ1v) is 7.57. The first-order chi connectivity index (χ1) is 9.52. The molecule has 0 spiro atoms. The lowest BCUT2D eigenvalue weighted by atomic mass is 9.77. The van der Waals surface area contributed by atoms with Gasteiger partial charge in [-0.15, -0.1) is 0 Å². The van der Waals surface area contributed by atoms with E-state index in [2.05, 4.69) is 24.0 Å². The van der Waals surface area contributed by atoms with Gasteiger partial charge in [0, 0.05) is 12.8 Å². The van der Waals surface area contributed by atoms with E-state index in [4.69, 9.17) is 4.52 Å². The number of aromatic nitrogens is 2. The Kier molecular flexibility index (Phi) is 4.78. The van der Waals surface area contributed by atoms with E-state index >= 15 is 0 Å². The molecule has 2 rings (SSSR count). The average molecular weight is 280 g/mol. The lowest BCUT2D eigenvalue weighted by Crippen LogP contribution is -2.33. The smallest absolute Gasteiger partial charge is 0.310 e. The van der Waals surface area contributed by atoms with Crippen molar-refractivity contribution in [2.24, 2.45) is 11.3 Å². The van der Waals surface area contributed by atoms with E-state index in [0.717, 1.165) is 32.1 Å². The molecule has 0 saturated heterocycles. The highest BCUT2D eigenvalue weighted by Gasteiger charge is 2.40. The Morgan fingerprint density at radius 1 is 1.30 bits per heavy atom. The number of carboxylic acids is 1. The summed E-state index contributed by atoms with van der Waals surface area (Å²) in [4.78, 5) is 16.1. The molecule has 1 fully saturated rings. The summed E-state index contributed by atoms with van der Waals surface area (Å²) in [6, 6.07) is 0. The maximum atomic E-state index is 11.7. The van der Waals surface area contributed by atoms with E-state index in [-0.39, 0.29) is 0 Å². The van der Waals surface area contributed by atoms with Gasteiger partial charge in [-0.05, 0) is 18.8 Å². The summed E-state index contributed by atoms with van der Waals surface area (Å²) >= 11 is 0. The Hall–Kier alpha value is -1.39. The molecular weight excluding hydrogens is 256 g/mol. The number of nitrogens with zero attached hydrogens (tertiary/aromatic N) is 2. The van der Waals surface area contributed by atoms with Gasteiger partial charge in [-0.25, -0.2) is 0 Å². The van der Waals surface area contributed by atoms with Gasteiger partial charge in [0.05, 0.1) is 5.41 Å². The Morgan fingerprint density at radius 3 is 2.50 bits per heavy atom. The summed E-state index contributed by atoms with van der Waals surface area (Å²) in [5, 5.41) is 13.6. The molecule has 0 unspecified atom stereocenters. The van der Waals surface area contributed by atoms with Crippen molar-refractivity contribution in [2.45, 2.75) is 65.2 Å². The molecule has 0 aromatic carbocycles. The van der Waals surface area contributed by atoms with Crippen molar-refractivity contribution in [1.29, 1.82) is 0 Å². The topological polar surface area (TPSA) is 76.2 Å². The highest BCUT2D eigenvalue weighted by atomic mass is 16.5. The highest BCUT2D eigenvalue weighted by molar-refractivity contribution is 5.74. The molecule has 0 radical (unpaired) electrons. The van der Waals surface area contributed by atoms with Crippen LogP contribution in [0.3, 0.4) is 0 Å². The van der Waals surface area contributed by atoms with Gasteiger partial charge in [0.25, 0.3) is 0 Å². The molecule has 5 heteroatoms. The maximum absolute atomic E-state index is 11.7. The number of carboxylic acid groups (broad SMARTS) is 1. The lowest BCUT2D eigenvalue weighted by Gasteiger charge is -2.26. The Morgan fingerprint density at radius 2 is 1.95 bits per heavy atom. The first-order valence-electron chi connectivity index (χ1n) is 7.57. The van der Waals surface area contributed by atoms with E-state index in [1.54, 1.807) is 0 Å². The standard InChI is InChI=1S/C15H24N2O3/c1-11(2)9-12-16-13(20-17-12)10-15(14(18)19)7-5-3-4-6-8-15/h11H,3-10H2,1-2H3,(H,18,19). The van der Waals surface area contributed by atoms with Crippen molar-refractivity contribution in [3.8, 4) is 0 Å². The molecule has 0 amide bonds. The summed E-state index contributed by atoms with van der Waals surface area (Å²) < 4.78 is 5.26. The van der Waals surface area contributed by atoms with Gasteiger partial charge in [-0.1, -0.05) is 44.7 Å². The molecule has 20 heavy (non-hydrogen) atoms. The van der Waals surface area contributed by atoms with E-state index in [1.807, 2.05) is 0 Å².